The predicted molar refractivity (Wildman–Crippen MR) is 109 cm³/mol. The van der Waals surface area contributed by atoms with Crippen LogP contribution in [0.15, 0.2) is 54.6 Å². The molecular formula is C21H18ClN5O. The Kier molecular flexibility index (Phi) is 5.38. The predicted octanol–water partition coefficient (Wildman–Crippen LogP) is 3.82. The molecule has 0 unspecified atom stereocenters. The minimum absolute atomic E-state index is 0.393. The summed E-state index contributed by atoms with van der Waals surface area (Å²) in [5.74, 6) is 1.18. The first-order valence-corrected chi connectivity index (χ1v) is 9.36. The van der Waals surface area contributed by atoms with Crippen molar-refractivity contribution in [2.24, 2.45) is 0 Å². The van der Waals surface area contributed by atoms with E-state index in [1.807, 2.05) is 53.1 Å². The highest BCUT2D eigenvalue weighted by molar-refractivity contribution is 6.32. The van der Waals surface area contributed by atoms with Crippen LogP contribution < -0.4 is 4.90 Å². The van der Waals surface area contributed by atoms with Crippen molar-refractivity contribution in [3.05, 3.63) is 71.0 Å². The zero-order valence-corrected chi connectivity index (χ0v) is 15.9. The highest BCUT2D eigenvalue weighted by Crippen LogP contribution is 2.27. The van der Waals surface area contributed by atoms with Crippen LogP contribution in [0, 0.1) is 11.3 Å². The van der Waals surface area contributed by atoms with Gasteiger partial charge in [-0.3, -0.25) is 4.57 Å². The third kappa shape index (κ3) is 3.63. The van der Waals surface area contributed by atoms with Gasteiger partial charge in [-0.25, -0.2) is 0 Å². The van der Waals surface area contributed by atoms with E-state index >= 15 is 0 Å². The normalized spacial score (nSPS) is 14.7. The molecule has 0 bridgehead atoms. The molecule has 3 aromatic rings. The second-order valence-electron chi connectivity index (χ2n) is 6.29. The Balaban J connectivity index is 1.85. The van der Waals surface area contributed by atoms with Gasteiger partial charge in [-0.2, -0.15) is 5.26 Å². The van der Waals surface area contributed by atoms with Crippen molar-refractivity contribution < 1.29 is 4.74 Å². The van der Waals surface area contributed by atoms with E-state index in [1.54, 1.807) is 12.1 Å². The number of nitriles is 1. The standard InChI is InChI=1S/C21H18ClN5O/c22-19-9-5-4-6-16(19)14-17(15-23)20-24-25-21(26-10-12-28-13-11-26)27(20)18-7-2-1-3-8-18/h1-9,14H,10-13H2/b17-14+. The van der Waals surface area contributed by atoms with Crippen molar-refractivity contribution in [3.8, 4) is 11.8 Å². The quantitative estimate of drug-likeness (QED) is 0.632. The van der Waals surface area contributed by atoms with Crippen LogP contribution in [0.2, 0.25) is 5.02 Å². The van der Waals surface area contributed by atoms with Gasteiger partial charge in [0.15, 0.2) is 5.82 Å². The van der Waals surface area contributed by atoms with E-state index in [0.717, 1.165) is 24.3 Å². The van der Waals surface area contributed by atoms with Crippen LogP contribution in [0.5, 0.6) is 0 Å². The van der Waals surface area contributed by atoms with Crippen LogP contribution in [-0.2, 0) is 4.74 Å². The fourth-order valence-electron chi connectivity index (χ4n) is 3.13. The molecule has 140 valence electrons. The number of allylic oxidation sites excluding steroid dienone is 1. The number of anilines is 1. The van der Waals surface area contributed by atoms with Gasteiger partial charge in [0.1, 0.15) is 6.07 Å². The molecular weight excluding hydrogens is 374 g/mol. The van der Waals surface area contributed by atoms with Gasteiger partial charge in [0.25, 0.3) is 0 Å². The van der Waals surface area contributed by atoms with E-state index in [9.17, 15) is 5.26 Å². The minimum atomic E-state index is 0.393. The van der Waals surface area contributed by atoms with Gasteiger partial charge in [0, 0.05) is 18.1 Å². The highest BCUT2D eigenvalue weighted by Gasteiger charge is 2.23. The molecule has 0 N–H and O–H groups in total. The molecule has 0 amide bonds. The molecule has 4 rings (SSSR count). The summed E-state index contributed by atoms with van der Waals surface area (Å²) in [6.45, 7) is 2.72. The molecule has 6 nitrogen and oxygen atoms in total. The second-order valence-corrected chi connectivity index (χ2v) is 6.69. The lowest BCUT2D eigenvalue weighted by Crippen LogP contribution is -2.38. The number of hydrogen-bond donors (Lipinski definition) is 0. The van der Waals surface area contributed by atoms with E-state index < -0.39 is 0 Å². The molecule has 0 atom stereocenters. The first kappa shape index (κ1) is 18.2. The van der Waals surface area contributed by atoms with Gasteiger partial charge in [-0.15, -0.1) is 10.2 Å². The van der Waals surface area contributed by atoms with E-state index in [0.29, 0.717) is 35.6 Å². The Bertz CT molecular complexity index is 1030. The van der Waals surface area contributed by atoms with Crippen molar-refractivity contribution >= 4 is 29.2 Å². The summed E-state index contributed by atoms with van der Waals surface area (Å²) in [6.07, 6.45) is 1.74. The van der Waals surface area contributed by atoms with Crippen molar-refractivity contribution in [2.75, 3.05) is 31.2 Å². The SMILES string of the molecule is N#C/C(=C\c1ccccc1Cl)c1nnc(N2CCOCC2)n1-c1ccccc1. The van der Waals surface area contributed by atoms with Gasteiger partial charge in [0.05, 0.1) is 24.5 Å². The van der Waals surface area contributed by atoms with Crippen LogP contribution in [-0.4, -0.2) is 41.1 Å². The number of hydrogen-bond acceptors (Lipinski definition) is 5. The largest absolute Gasteiger partial charge is 0.378 e. The molecule has 7 heteroatoms. The summed E-state index contributed by atoms with van der Waals surface area (Å²) >= 11 is 6.28. The Hall–Kier alpha value is -3.14. The number of benzene rings is 2. The molecule has 0 radical (unpaired) electrons. The summed E-state index contributed by atoms with van der Waals surface area (Å²) in [5, 5.41) is 19.2. The Morgan fingerprint density at radius 1 is 1.04 bits per heavy atom. The maximum atomic E-state index is 9.85. The third-order valence-corrected chi connectivity index (χ3v) is 4.86. The topological polar surface area (TPSA) is 67.0 Å². The van der Waals surface area contributed by atoms with Gasteiger partial charge in [-0.05, 0) is 29.8 Å². The average Bonchev–Trinajstić information content (AvgIpc) is 3.19. The molecule has 1 aliphatic heterocycles. The fraction of sp³-hybridized carbons (Fsp3) is 0.190. The Morgan fingerprint density at radius 2 is 1.75 bits per heavy atom. The summed E-state index contributed by atoms with van der Waals surface area (Å²) < 4.78 is 7.37. The first-order chi connectivity index (χ1) is 13.8. The average molecular weight is 392 g/mol. The van der Waals surface area contributed by atoms with Crippen molar-refractivity contribution in [1.82, 2.24) is 14.8 Å². The number of para-hydroxylation sites is 1. The van der Waals surface area contributed by atoms with E-state index in [2.05, 4.69) is 21.2 Å². The molecule has 0 saturated carbocycles. The van der Waals surface area contributed by atoms with Crippen LogP contribution in [0.3, 0.4) is 0 Å². The highest BCUT2D eigenvalue weighted by atomic mass is 35.5. The second kappa shape index (κ2) is 8.26. The van der Waals surface area contributed by atoms with Gasteiger partial charge in [0.2, 0.25) is 5.95 Å². The molecule has 1 aliphatic rings. The van der Waals surface area contributed by atoms with Crippen LogP contribution >= 0.6 is 11.6 Å². The number of aromatic nitrogens is 3. The number of rotatable bonds is 4. The molecule has 2 aromatic carbocycles. The zero-order valence-electron chi connectivity index (χ0n) is 15.1. The lowest BCUT2D eigenvalue weighted by molar-refractivity contribution is 0.122. The number of halogens is 1. The molecule has 1 saturated heterocycles. The zero-order chi connectivity index (χ0) is 19.3. The van der Waals surface area contributed by atoms with Crippen LogP contribution in [0.1, 0.15) is 11.4 Å². The van der Waals surface area contributed by atoms with Gasteiger partial charge in [-0.1, -0.05) is 48.0 Å². The maximum absolute atomic E-state index is 9.85. The fourth-order valence-corrected chi connectivity index (χ4v) is 3.32. The molecule has 28 heavy (non-hydrogen) atoms. The van der Waals surface area contributed by atoms with Crippen molar-refractivity contribution in [1.29, 1.82) is 5.26 Å². The molecule has 0 aliphatic carbocycles. The smallest absolute Gasteiger partial charge is 0.232 e. The molecule has 2 heterocycles. The number of ether oxygens (including phenoxy) is 1. The van der Waals surface area contributed by atoms with Gasteiger partial charge < -0.3 is 9.64 Å². The summed E-state index contributed by atoms with van der Waals surface area (Å²) in [6, 6.07) is 19.5. The van der Waals surface area contributed by atoms with E-state index in [-0.39, 0.29) is 0 Å². The van der Waals surface area contributed by atoms with Gasteiger partial charge >= 0.3 is 0 Å². The lowest BCUT2D eigenvalue weighted by atomic mass is 10.1. The molecule has 0 spiro atoms. The monoisotopic (exact) mass is 391 g/mol. The van der Waals surface area contributed by atoms with E-state index in [4.69, 9.17) is 16.3 Å². The lowest BCUT2D eigenvalue weighted by Gasteiger charge is -2.28. The maximum Gasteiger partial charge on any atom is 0.232 e. The van der Waals surface area contributed by atoms with Crippen molar-refractivity contribution in [3.63, 3.8) is 0 Å². The van der Waals surface area contributed by atoms with Crippen LogP contribution in [0.25, 0.3) is 17.3 Å². The Morgan fingerprint density at radius 3 is 2.46 bits per heavy atom. The summed E-state index contributed by atoms with van der Waals surface area (Å²) in [4.78, 5) is 2.12. The minimum Gasteiger partial charge on any atom is -0.378 e. The van der Waals surface area contributed by atoms with E-state index in [1.165, 1.54) is 0 Å². The number of nitrogens with zero attached hydrogens (tertiary/aromatic N) is 5. The van der Waals surface area contributed by atoms with Crippen LogP contribution in [0.4, 0.5) is 5.95 Å². The number of morpholine rings is 1. The van der Waals surface area contributed by atoms with Crippen molar-refractivity contribution in [2.45, 2.75) is 0 Å². The third-order valence-electron chi connectivity index (χ3n) is 4.52. The Labute approximate surface area is 168 Å². The molecule has 1 fully saturated rings. The summed E-state index contributed by atoms with van der Waals surface area (Å²) in [7, 11) is 0. The summed E-state index contributed by atoms with van der Waals surface area (Å²) in [5.41, 5.74) is 2.05. The first-order valence-electron chi connectivity index (χ1n) is 8.98. The molecule has 1 aromatic heterocycles.